The van der Waals surface area contributed by atoms with Gasteiger partial charge in [-0.05, 0) is 6.42 Å². The first-order valence-electron chi connectivity index (χ1n) is 6.14. The maximum absolute atomic E-state index is 12.7. The maximum Gasteiger partial charge on any atom is 0.317 e. The molecular weight excluding hydrogens is 246 g/mol. The van der Waals surface area contributed by atoms with E-state index in [0.29, 0.717) is 6.54 Å². The zero-order chi connectivity index (χ0) is 13.7. The van der Waals surface area contributed by atoms with Crippen LogP contribution in [-0.4, -0.2) is 59.4 Å². The molecule has 1 aliphatic heterocycles. The number of β-amino-alcohol motifs (C(OH)–C–C–N with tert-alkyl or cyclic N) is 1. The number of unbranched alkanes of at least 4 members (excludes halogenated alkanes) is 1. The third-order valence-corrected chi connectivity index (χ3v) is 3.09. The van der Waals surface area contributed by atoms with Crippen LogP contribution in [0.2, 0.25) is 0 Å². The molecule has 3 atom stereocenters. The molecule has 7 heteroatoms. The van der Waals surface area contributed by atoms with Gasteiger partial charge in [0.2, 0.25) is 6.43 Å². The van der Waals surface area contributed by atoms with Gasteiger partial charge in [-0.15, -0.1) is 0 Å². The van der Waals surface area contributed by atoms with E-state index in [-0.39, 0.29) is 13.1 Å². The van der Waals surface area contributed by atoms with Gasteiger partial charge in [0.1, 0.15) is 0 Å². The number of carbonyl (C=O) groups excluding carboxylic acids is 1. The van der Waals surface area contributed by atoms with Crippen LogP contribution in [0.25, 0.3) is 0 Å². The molecule has 0 aromatic carbocycles. The number of halogens is 2. The van der Waals surface area contributed by atoms with Crippen LogP contribution >= 0.6 is 0 Å². The van der Waals surface area contributed by atoms with Gasteiger partial charge in [0.25, 0.3) is 0 Å². The van der Waals surface area contributed by atoms with Gasteiger partial charge < -0.3 is 20.4 Å². The topological polar surface area (TPSA) is 72.8 Å². The lowest BCUT2D eigenvalue weighted by Gasteiger charge is -2.38. The molecule has 1 saturated heterocycles. The highest BCUT2D eigenvalue weighted by atomic mass is 19.3. The Bertz CT molecular complexity index is 279. The Kier molecular flexibility index (Phi) is 5.74. The van der Waals surface area contributed by atoms with E-state index in [1.807, 2.05) is 6.92 Å². The van der Waals surface area contributed by atoms with E-state index in [4.69, 9.17) is 0 Å². The van der Waals surface area contributed by atoms with Gasteiger partial charge in [0.15, 0.2) is 0 Å². The van der Waals surface area contributed by atoms with Crippen molar-refractivity contribution in [2.45, 2.75) is 38.4 Å². The van der Waals surface area contributed by atoms with Crippen LogP contribution in [0.4, 0.5) is 13.6 Å². The minimum Gasteiger partial charge on any atom is -0.390 e. The Balaban J connectivity index is 2.53. The van der Waals surface area contributed by atoms with Crippen LogP contribution in [-0.2, 0) is 0 Å². The smallest absolute Gasteiger partial charge is 0.317 e. The minimum absolute atomic E-state index is 0.123. The highest BCUT2D eigenvalue weighted by Gasteiger charge is 2.41. The van der Waals surface area contributed by atoms with Crippen LogP contribution < -0.4 is 5.32 Å². The van der Waals surface area contributed by atoms with Crippen LogP contribution in [0.5, 0.6) is 0 Å². The molecule has 0 spiro atoms. The van der Waals surface area contributed by atoms with Gasteiger partial charge in [0, 0.05) is 13.1 Å². The molecule has 0 aromatic rings. The van der Waals surface area contributed by atoms with E-state index in [1.54, 1.807) is 0 Å². The molecule has 1 heterocycles. The van der Waals surface area contributed by atoms with Gasteiger partial charge in [-0.3, -0.25) is 0 Å². The summed E-state index contributed by atoms with van der Waals surface area (Å²) in [7, 11) is 0. The number of nitrogens with zero attached hydrogens (tertiary/aromatic N) is 1. The van der Waals surface area contributed by atoms with Crippen LogP contribution in [0.3, 0.4) is 0 Å². The third-order valence-electron chi connectivity index (χ3n) is 3.09. The SMILES string of the molecule is CCCCNC(=O)N1CC(O)C(O)C(C(F)F)C1. The van der Waals surface area contributed by atoms with Gasteiger partial charge in [-0.25, -0.2) is 13.6 Å². The van der Waals surface area contributed by atoms with Crippen molar-refractivity contribution in [1.82, 2.24) is 10.2 Å². The van der Waals surface area contributed by atoms with E-state index in [1.165, 1.54) is 0 Å². The zero-order valence-corrected chi connectivity index (χ0v) is 10.4. The monoisotopic (exact) mass is 266 g/mol. The standard InChI is InChI=1S/C11H20F2N2O3/c1-2-3-4-14-11(18)15-5-7(10(12)13)9(17)8(16)6-15/h7-10,16-17H,2-6H2,1H3,(H,14,18). The number of amides is 2. The van der Waals surface area contributed by atoms with Crippen LogP contribution in [0.15, 0.2) is 0 Å². The highest BCUT2D eigenvalue weighted by Crippen LogP contribution is 2.23. The average Bonchev–Trinajstić information content (AvgIpc) is 2.32. The summed E-state index contributed by atoms with van der Waals surface area (Å²) in [6, 6.07) is -0.472. The summed E-state index contributed by atoms with van der Waals surface area (Å²) in [6.45, 7) is 2.08. The molecule has 1 rings (SSSR count). The predicted molar refractivity (Wildman–Crippen MR) is 61.4 cm³/mol. The number of hydrogen-bond donors (Lipinski definition) is 3. The van der Waals surface area contributed by atoms with Crippen LogP contribution in [0, 0.1) is 5.92 Å². The van der Waals surface area contributed by atoms with Crippen molar-refractivity contribution in [1.29, 1.82) is 0 Å². The van der Waals surface area contributed by atoms with Gasteiger partial charge >= 0.3 is 6.03 Å². The highest BCUT2D eigenvalue weighted by molar-refractivity contribution is 5.74. The molecule has 18 heavy (non-hydrogen) atoms. The largest absolute Gasteiger partial charge is 0.390 e. The lowest BCUT2D eigenvalue weighted by atomic mass is 9.93. The number of urea groups is 1. The summed E-state index contributed by atoms with van der Waals surface area (Å²) in [4.78, 5) is 12.8. The maximum atomic E-state index is 12.7. The fourth-order valence-corrected chi connectivity index (χ4v) is 1.93. The Morgan fingerprint density at radius 3 is 2.67 bits per heavy atom. The minimum atomic E-state index is -2.76. The molecule has 3 unspecified atom stereocenters. The number of carbonyl (C=O) groups is 1. The quantitative estimate of drug-likeness (QED) is 0.645. The number of aliphatic hydroxyl groups is 2. The van der Waals surface area contributed by atoms with E-state index in [2.05, 4.69) is 5.32 Å². The molecule has 2 amide bonds. The molecule has 106 valence electrons. The molecular formula is C11H20F2N2O3. The number of piperidine rings is 1. The number of alkyl halides is 2. The molecule has 1 aliphatic rings. The molecule has 0 radical (unpaired) electrons. The fraction of sp³-hybridized carbons (Fsp3) is 0.909. The van der Waals surface area contributed by atoms with E-state index in [0.717, 1.165) is 17.7 Å². The van der Waals surface area contributed by atoms with Crippen molar-refractivity contribution in [2.24, 2.45) is 5.92 Å². The lowest BCUT2D eigenvalue weighted by molar-refractivity contribution is -0.107. The van der Waals surface area contributed by atoms with Gasteiger partial charge in [-0.1, -0.05) is 13.3 Å². The Labute approximate surface area is 105 Å². The Hall–Kier alpha value is -0.950. The number of rotatable bonds is 4. The van der Waals surface area contributed by atoms with Crippen molar-refractivity contribution in [3.8, 4) is 0 Å². The summed E-state index contributed by atoms with van der Waals surface area (Å²) in [5.74, 6) is -1.40. The van der Waals surface area contributed by atoms with Gasteiger partial charge in [-0.2, -0.15) is 0 Å². The van der Waals surface area contributed by atoms with Crippen molar-refractivity contribution in [3.05, 3.63) is 0 Å². The molecule has 3 N–H and O–H groups in total. The molecule has 5 nitrogen and oxygen atoms in total. The fourth-order valence-electron chi connectivity index (χ4n) is 1.93. The van der Waals surface area contributed by atoms with Crippen molar-refractivity contribution in [2.75, 3.05) is 19.6 Å². The number of nitrogens with one attached hydrogen (secondary N) is 1. The normalized spacial score (nSPS) is 28.6. The molecule has 0 bridgehead atoms. The summed E-state index contributed by atoms with van der Waals surface area (Å²) >= 11 is 0. The summed E-state index contributed by atoms with van der Waals surface area (Å²) in [5.41, 5.74) is 0. The van der Waals surface area contributed by atoms with Crippen molar-refractivity contribution >= 4 is 6.03 Å². The predicted octanol–water partition coefficient (Wildman–Crippen LogP) is 0.415. The average molecular weight is 266 g/mol. The first kappa shape index (κ1) is 15.1. The van der Waals surface area contributed by atoms with Crippen LogP contribution in [0.1, 0.15) is 19.8 Å². The first-order chi connectivity index (χ1) is 8.47. The molecule has 0 aliphatic carbocycles. The number of hydrogen-bond acceptors (Lipinski definition) is 3. The van der Waals surface area contributed by atoms with E-state index >= 15 is 0 Å². The second-order valence-electron chi connectivity index (χ2n) is 4.55. The second kappa shape index (κ2) is 6.84. The number of likely N-dealkylation sites (tertiary alicyclic amines) is 1. The molecule has 1 fully saturated rings. The zero-order valence-electron chi connectivity index (χ0n) is 10.4. The first-order valence-corrected chi connectivity index (χ1v) is 6.14. The Morgan fingerprint density at radius 1 is 1.44 bits per heavy atom. The van der Waals surface area contributed by atoms with Gasteiger partial charge in [0.05, 0.1) is 24.7 Å². The molecule has 0 saturated carbocycles. The molecule has 0 aromatic heterocycles. The third kappa shape index (κ3) is 3.78. The number of aliphatic hydroxyl groups excluding tert-OH is 2. The van der Waals surface area contributed by atoms with Crippen molar-refractivity contribution in [3.63, 3.8) is 0 Å². The summed E-state index contributed by atoms with van der Waals surface area (Å²) in [5, 5.41) is 21.5. The summed E-state index contributed by atoms with van der Waals surface area (Å²) < 4.78 is 25.3. The Morgan fingerprint density at radius 2 is 2.11 bits per heavy atom. The lowest BCUT2D eigenvalue weighted by Crippen LogP contribution is -2.58. The van der Waals surface area contributed by atoms with Crippen molar-refractivity contribution < 1.29 is 23.8 Å². The van der Waals surface area contributed by atoms with E-state index < -0.39 is 30.6 Å². The van der Waals surface area contributed by atoms with E-state index in [9.17, 15) is 23.8 Å². The second-order valence-corrected chi connectivity index (χ2v) is 4.55. The summed E-state index contributed by atoms with van der Waals surface area (Å²) in [6.07, 6.45) is -3.84.